The molecule has 1 aromatic rings. The van der Waals surface area contributed by atoms with Crippen molar-refractivity contribution < 1.29 is 19.1 Å². The van der Waals surface area contributed by atoms with Crippen LogP contribution in [-0.4, -0.2) is 24.9 Å². The number of imide groups is 1. The molecular weight excluding hydrogens is 342 g/mol. The van der Waals surface area contributed by atoms with Crippen molar-refractivity contribution in [3.63, 3.8) is 0 Å². The topological polar surface area (TPSA) is 63.7 Å². The standard InChI is InChI=1S/C19H16ClNO4/c1-25-19(24)13-6-8(2-5-14(13)20)21-17(22)15-9-3-4-10(12-7-11(9)12)16(15)18(21)23/h2-6,9-12,15-16H,7H2,1H3/t9-,10-,11-,12-,15-,16+/m1/s1. The molecule has 1 aliphatic heterocycles. The van der Waals surface area contributed by atoms with E-state index < -0.39 is 5.97 Å². The zero-order valence-corrected chi connectivity index (χ0v) is 14.3. The Kier molecular flexibility index (Phi) is 2.99. The molecule has 0 aromatic heterocycles. The quantitative estimate of drug-likeness (QED) is 0.464. The van der Waals surface area contributed by atoms with Crippen LogP contribution in [-0.2, 0) is 14.3 Å². The summed E-state index contributed by atoms with van der Waals surface area (Å²) in [5, 5.41) is 0.232. The molecule has 6 rings (SSSR count). The van der Waals surface area contributed by atoms with Gasteiger partial charge in [-0.1, -0.05) is 23.8 Å². The van der Waals surface area contributed by atoms with E-state index in [1.165, 1.54) is 24.1 Å². The van der Waals surface area contributed by atoms with Gasteiger partial charge in [0, 0.05) is 0 Å². The van der Waals surface area contributed by atoms with Crippen LogP contribution in [0.2, 0.25) is 5.02 Å². The smallest absolute Gasteiger partial charge is 0.339 e. The van der Waals surface area contributed by atoms with E-state index in [-0.39, 0.29) is 46.1 Å². The average Bonchev–Trinajstić information content (AvgIpc) is 3.39. The molecule has 0 N–H and O–H groups in total. The zero-order chi connectivity index (χ0) is 17.5. The number of hydrogen-bond acceptors (Lipinski definition) is 4. The van der Waals surface area contributed by atoms with Crippen LogP contribution in [0, 0.1) is 35.5 Å². The average molecular weight is 358 g/mol. The van der Waals surface area contributed by atoms with E-state index in [2.05, 4.69) is 12.2 Å². The van der Waals surface area contributed by atoms with Crippen molar-refractivity contribution in [1.82, 2.24) is 0 Å². The normalized spacial score (nSPS) is 37.1. The highest BCUT2D eigenvalue weighted by Crippen LogP contribution is 2.65. The maximum absolute atomic E-state index is 13.1. The van der Waals surface area contributed by atoms with Crippen molar-refractivity contribution in [2.45, 2.75) is 6.42 Å². The van der Waals surface area contributed by atoms with Gasteiger partial charge in [-0.25, -0.2) is 9.69 Å². The highest BCUT2D eigenvalue weighted by atomic mass is 35.5. The van der Waals surface area contributed by atoms with Crippen LogP contribution in [0.3, 0.4) is 0 Å². The lowest BCUT2D eigenvalue weighted by Gasteiger charge is -2.37. The molecule has 1 heterocycles. The van der Waals surface area contributed by atoms with Crippen LogP contribution in [0.25, 0.3) is 0 Å². The van der Waals surface area contributed by atoms with E-state index in [0.29, 0.717) is 17.5 Å². The second-order valence-electron chi connectivity index (χ2n) is 7.32. The first-order valence-corrected chi connectivity index (χ1v) is 8.84. The Bertz CT molecular complexity index is 827. The number of methoxy groups -OCH3 is 1. The van der Waals surface area contributed by atoms with Crippen LogP contribution >= 0.6 is 11.6 Å². The van der Waals surface area contributed by atoms with Gasteiger partial charge < -0.3 is 4.74 Å². The number of carbonyl (C=O) groups is 3. The minimum atomic E-state index is -0.591. The summed E-state index contributed by atoms with van der Waals surface area (Å²) in [6, 6.07) is 4.60. The Morgan fingerprint density at radius 2 is 1.72 bits per heavy atom. The predicted octanol–water partition coefficient (Wildman–Crippen LogP) is 2.68. The van der Waals surface area contributed by atoms with Crippen LogP contribution in [0.15, 0.2) is 30.4 Å². The molecule has 2 saturated carbocycles. The number of benzene rings is 1. The van der Waals surface area contributed by atoms with Gasteiger partial charge in [0.05, 0.1) is 35.2 Å². The number of amides is 2. The van der Waals surface area contributed by atoms with Crippen LogP contribution in [0.1, 0.15) is 16.8 Å². The molecule has 5 aliphatic rings. The van der Waals surface area contributed by atoms with Gasteiger partial charge in [-0.2, -0.15) is 0 Å². The SMILES string of the molecule is COC(=O)c1cc(N2C(=O)[C@@H]3[C@@H]4C=C[C@H]([C@H]5C[C@H]45)[C@@H]3C2=O)ccc1Cl. The summed E-state index contributed by atoms with van der Waals surface area (Å²) < 4.78 is 4.73. The fraction of sp³-hybridized carbons (Fsp3) is 0.421. The fourth-order valence-corrected chi connectivity index (χ4v) is 5.32. The van der Waals surface area contributed by atoms with Crippen molar-refractivity contribution in [2.24, 2.45) is 35.5 Å². The first-order chi connectivity index (χ1) is 12.0. The van der Waals surface area contributed by atoms with E-state index in [1.54, 1.807) is 6.07 Å². The number of nitrogens with zero attached hydrogens (tertiary/aromatic N) is 1. The Morgan fingerprint density at radius 1 is 1.12 bits per heavy atom. The molecule has 0 unspecified atom stereocenters. The first-order valence-electron chi connectivity index (χ1n) is 8.47. The van der Waals surface area contributed by atoms with Crippen molar-refractivity contribution in [2.75, 3.05) is 12.0 Å². The molecule has 25 heavy (non-hydrogen) atoms. The lowest BCUT2D eigenvalue weighted by molar-refractivity contribution is -0.124. The summed E-state index contributed by atoms with van der Waals surface area (Å²) in [7, 11) is 1.27. The summed E-state index contributed by atoms with van der Waals surface area (Å²) in [4.78, 5) is 39.2. The van der Waals surface area contributed by atoms with E-state index in [9.17, 15) is 14.4 Å². The van der Waals surface area contributed by atoms with Crippen LogP contribution in [0.4, 0.5) is 5.69 Å². The summed E-state index contributed by atoms with van der Waals surface area (Å²) in [5.41, 5.74) is 0.545. The number of esters is 1. The van der Waals surface area contributed by atoms with E-state index >= 15 is 0 Å². The van der Waals surface area contributed by atoms with E-state index in [4.69, 9.17) is 16.3 Å². The van der Waals surface area contributed by atoms with E-state index in [1.807, 2.05) is 0 Å². The van der Waals surface area contributed by atoms with Gasteiger partial charge in [-0.05, 0) is 48.3 Å². The number of ether oxygens (including phenoxy) is 1. The molecule has 1 aromatic carbocycles. The van der Waals surface area contributed by atoms with Crippen molar-refractivity contribution in [3.8, 4) is 0 Å². The second kappa shape index (κ2) is 4.94. The monoisotopic (exact) mass is 357 g/mol. The Balaban J connectivity index is 1.55. The Morgan fingerprint density at radius 3 is 2.28 bits per heavy atom. The lowest BCUT2D eigenvalue weighted by atomic mass is 9.63. The Hall–Kier alpha value is -2.14. The second-order valence-corrected chi connectivity index (χ2v) is 7.73. The molecule has 2 amide bonds. The van der Waals surface area contributed by atoms with Crippen molar-refractivity contribution in [3.05, 3.63) is 40.9 Å². The van der Waals surface area contributed by atoms with E-state index in [0.717, 1.165) is 6.42 Å². The van der Waals surface area contributed by atoms with Crippen LogP contribution < -0.4 is 4.90 Å². The van der Waals surface area contributed by atoms with Gasteiger partial charge in [-0.15, -0.1) is 0 Å². The molecule has 6 heteroatoms. The third-order valence-corrected chi connectivity index (χ3v) is 6.61. The third kappa shape index (κ3) is 1.87. The molecule has 2 bridgehead atoms. The van der Waals surface area contributed by atoms with Crippen molar-refractivity contribution >= 4 is 35.1 Å². The molecule has 128 valence electrons. The minimum absolute atomic E-state index is 0.154. The molecule has 0 radical (unpaired) electrons. The first kappa shape index (κ1) is 15.1. The predicted molar refractivity (Wildman–Crippen MR) is 90.0 cm³/mol. The zero-order valence-electron chi connectivity index (χ0n) is 13.5. The van der Waals surface area contributed by atoms with Gasteiger partial charge in [0.1, 0.15) is 0 Å². The largest absolute Gasteiger partial charge is 0.465 e. The molecule has 0 spiro atoms. The fourth-order valence-electron chi connectivity index (χ4n) is 5.13. The van der Waals surface area contributed by atoms with Gasteiger partial charge >= 0.3 is 5.97 Å². The molecule has 3 fully saturated rings. The van der Waals surface area contributed by atoms with Gasteiger partial charge in [0.15, 0.2) is 0 Å². The number of hydrogen-bond donors (Lipinski definition) is 0. The molecular formula is C19H16ClNO4. The summed E-state index contributed by atoms with van der Waals surface area (Å²) >= 11 is 6.05. The number of carbonyl (C=O) groups excluding carboxylic acids is 3. The maximum Gasteiger partial charge on any atom is 0.339 e. The third-order valence-electron chi connectivity index (χ3n) is 6.28. The summed E-state index contributed by atoms with van der Waals surface area (Å²) in [5.74, 6) is 0.0456. The van der Waals surface area contributed by atoms with Gasteiger partial charge in [0.2, 0.25) is 11.8 Å². The van der Waals surface area contributed by atoms with Crippen LogP contribution in [0.5, 0.6) is 0 Å². The minimum Gasteiger partial charge on any atom is -0.465 e. The Labute approximate surface area is 149 Å². The highest BCUT2D eigenvalue weighted by molar-refractivity contribution is 6.34. The maximum atomic E-state index is 13.1. The lowest BCUT2D eigenvalue weighted by Crippen LogP contribution is -2.40. The number of allylic oxidation sites excluding steroid dienone is 2. The number of halogens is 1. The molecule has 6 atom stereocenters. The molecule has 5 nitrogen and oxygen atoms in total. The summed E-state index contributed by atoms with van der Waals surface area (Å²) in [6.07, 6.45) is 5.40. The highest BCUT2D eigenvalue weighted by Gasteiger charge is 2.67. The van der Waals surface area contributed by atoms with Gasteiger partial charge in [-0.3, -0.25) is 9.59 Å². The van der Waals surface area contributed by atoms with Gasteiger partial charge in [0.25, 0.3) is 0 Å². The molecule has 4 aliphatic carbocycles. The van der Waals surface area contributed by atoms with Crippen molar-refractivity contribution in [1.29, 1.82) is 0 Å². The number of rotatable bonds is 2. The number of anilines is 1. The summed E-state index contributed by atoms with van der Waals surface area (Å²) in [6.45, 7) is 0. The molecule has 1 saturated heterocycles.